The number of hydrogen-bond donors (Lipinski definition) is 4. The number of rotatable bonds is 10. The summed E-state index contributed by atoms with van der Waals surface area (Å²) in [5, 5.41) is 18.7. The zero-order chi connectivity index (χ0) is 28.6. The summed E-state index contributed by atoms with van der Waals surface area (Å²) in [6, 6.07) is 12.4. The first kappa shape index (κ1) is 28.1. The molecule has 0 radical (unpaired) electrons. The number of ether oxygens (including phenoxy) is 1. The minimum Gasteiger partial charge on any atom is -0.480 e. The lowest BCUT2D eigenvalue weighted by Crippen LogP contribution is -2.45. The van der Waals surface area contributed by atoms with Crippen molar-refractivity contribution >= 4 is 29.5 Å². The van der Waals surface area contributed by atoms with E-state index in [0.29, 0.717) is 18.2 Å². The molecule has 2 aliphatic rings. The van der Waals surface area contributed by atoms with Crippen LogP contribution in [-0.2, 0) is 29.0 Å². The number of carbonyl (C=O) groups excluding carboxylic acids is 1. The van der Waals surface area contributed by atoms with Gasteiger partial charge in [-0.15, -0.1) is 0 Å². The molecule has 0 aliphatic carbocycles. The van der Waals surface area contributed by atoms with E-state index in [0.717, 1.165) is 73.8 Å². The SMILES string of the molecule is CCc1c(NC[C@H](NC(=O)OCc2ccccc2)C(=O)O)ncnc1N1CCC(c2ccc3c(n2)NCCC3)CC1. The van der Waals surface area contributed by atoms with E-state index < -0.39 is 18.1 Å². The van der Waals surface area contributed by atoms with Crippen LogP contribution in [-0.4, -0.2) is 64.3 Å². The molecular formula is C30H37N7O4. The first-order chi connectivity index (χ1) is 20.0. The number of pyridine rings is 1. The molecule has 11 nitrogen and oxygen atoms in total. The summed E-state index contributed by atoms with van der Waals surface area (Å²) >= 11 is 0. The summed E-state index contributed by atoms with van der Waals surface area (Å²) in [6.07, 6.45) is 5.54. The molecule has 2 aliphatic heterocycles. The Bertz CT molecular complexity index is 1350. The molecular weight excluding hydrogens is 522 g/mol. The van der Waals surface area contributed by atoms with Crippen molar-refractivity contribution in [3.05, 3.63) is 71.2 Å². The molecule has 1 atom stereocenters. The van der Waals surface area contributed by atoms with Gasteiger partial charge in [0.15, 0.2) is 0 Å². The number of fused-ring (bicyclic) bond motifs is 1. The Morgan fingerprint density at radius 1 is 1.15 bits per heavy atom. The van der Waals surface area contributed by atoms with E-state index in [2.05, 4.69) is 43.0 Å². The second-order valence-electron chi connectivity index (χ2n) is 10.4. The maximum atomic E-state index is 12.3. The Morgan fingerprint density at radius 3 is 2.71 bits per heavy atom. The van der Waals surface area contributed by atoms with E-state index in [1.54, 1.807) is 0 Å². The van der Waals surface area contributed by atoms with Gasteiger partial charge in [-0.1, -0.05) is 43.3 Å². The highest BCUT2D eigenvalue weighted by atomic mass is 16.5. The predicted octanol–water partition coefficient (Wildman–Crippen LogP) is 3.97. The summed E-state index contributed by atoms with van der Waals surface area (Å²) in [4.78, 5) is 40.3. The third kappa shape index (κ3) is 7.03. The van der Waals surface area contributed by atoms with E-state index >= 15 is 0 Å². The summed E-state index contributed by atoms with van der Waals surface area (Å²) in [5.41, 5.74) is 4.18. The number of aromatic nitrogens is 3. The molecule has 0 unspecified atom stereocenters. The molecule has 4 N–H and O–H groups in total. The molecule has 0 spiro atoms. The zero-order valence-electron chi connectivity index (χ0n) is 23.3. The largest absolute Gasteiger partial charge is 0.480 e. The van der Waals surface area contributed by atoms with Crippen molar-refractivity contribution in [2.75, 3.05) is 41.7 Å². The van der Waals surface area contributed by atoms with Crippen LogP contribution in [0, 0.1) is 0 Å². The van der Waals surface area contributed by atoms with Crippen LogP contribution in [0.1, 0.15) is 54.5 Å². The fraction of sp³-hybridized carbons (Fsp3) is 0.433. The van der Waals surface area contributed by atoms with Crippen LogP contribution in [0.3, 0.4) is 0 Å². The van der Waals surface area contributed by atoms with Gasteiger partial charge >= 0.3 is 12.1 Å². The monoisotopic (exact) mass is 559 g/mol. The normalized spacial score (nSPS) is 15.8. The summed E-state index contributed by atoms with van der Waals surface area (Å²) in [5.74, 6) is 1.68. The van der Waals surface area contributed by atoms with E-state index in [-0.39, 0.29) is 13.2 Å². The van der Waals surface area contributed by atoms with Gasteiger partial charge in [0, 0.05) is 43.4 Å². The maximum Gasteiger partial charge on any atom is 0.408 e. The minimum atomic E-state index is -1.20. The number of carboxylic acids is 1. The van der Waals surface area contributed by atoms with Gasteiger partial charge in [-0.3, -0.25) is 0 Å². The number of alkyl carbamates (subject to hydrolysis) is 1. The Morgan fingerprint density at radius 2 is 1.95 bits per heavy atom. The number of aliphatic carboxylic acids is 1. The number of piperidine rings is 1. The molecule has 11 heteroatoms. The van der Waals surface area contributed by atoms with Gasteiger partial charge in [0.2, 0.25) is 0 Å². The topological polar surface area (TPSA) is 142 Å². The minimum absolute atomic E-state index is 0.0534. The molecule has 5 rings (SSSR count). The predicted molar refractivity (Wildman–Crippen MR) is 156 cm³/mol. The molecule has 4 heterocycles. The van der Waals surface area contributed by atoms with Crippen LogP contribution in [0.2, 0.25) is 0 Å². The lowest BCUT2D eigenvalue weighted by molar-refractivity contribution is -0.139. The number of amides is 1. The van der Waals surface area contributed by atoms with Crippen LogP contribution >= 0.6 is 0 Å². The fourth-order valence-electron chi connectivity index (χ4n) is 5.42. The van der Waals surface area contributed by atoms with Crippen LogP contribution in [0.4, 0.5) is 22.2 Å². The lowest BCUT2D eigenvalue weighted by atomic mass is 9.92. The maximum absolute atomic E-state index is 12.3. The lowest BCUT2D eigenvalue weighted by Gasteiger charge is -2.34. The summed E-state index contributed by atoms with van der Waals surface area (Å²) in [7, 11) is 0. The molecule has 3 aromatic rings. The van der Waals surface area contributed by atoms with Crippen molar-refractivity contribution in [3.8, 4) is 0 Å². The van der Waals surface area contributed by atoms with Crippen molar-refractivity contribution in [2.45, 2.75) is 57.6 Å². The van der Waals surface area contributed by atoms with Gasteiger partial charge in [-0.2, -0.15) is 0 Å². The Hall–Kier alpha value is -4.41. The van der Waals surface area contributed by atoms with Crippen LogP contribution < -0.4 is 20.9 Å². The average molecular weight is 560 g/mol. The quantitative estimate of drug-likeness (QED) is 0.288. The number of anilines is 3. The summed E-state index contributed by atoms with van der Waals surface area (Å²) in [6.45, 7) is 4.68. The van der Waals surface area contributed by atoms with Crippen molar-refractivity contribution < 1.29 is 19.4 Å². The molecule has 1 fully saturated rings. The van der Waals surface area contributed by atoms with Crippen molar-refractivity contribution in [3.63, 3.8) is 0 Å². The van der Waals surface area contributed by atoms with Crippen molar-refractivity contribution in [1.29, 1.82) is 0 Å². The highest BCUT2D eigenvalue weighted by Gasteiger charge is 2.27. The highest BCUT2D eigenvalue weighted by molar-refractivity contribution is 5.80. The average Bonchev–Trinajstić information content (AvgIpc) is 3.02. The number of hydrogen-bond acceptors (Lipinski definition) is 9. The number of aryl methyl sites for hydroxylation is 1. The van der Waals surface area contributed by atoms with Crippen molar-refractivity contribution in [1.82, 2.24) is 20.3 Å². The molecule has 2 aromatic heterocycles. The van der Waals surface area contributed by atoms with E-state index in [4.69, 9.17) is 9.72 Å². The number of carbonyl (C=O) groups is 2. The standard InChI is InChI=1S/C30H37N7O4/c1-2-23-27(32-17-25(29(38)39)36-30(40)41-18-20-7-4-3-5-8-20)33-19-34-28(23)37-15-12-21(13-16-37)24-11-10-22-9-6-14-31-26(22)35-24/h3-5,7-8,10-11,19,21,25H,2,6,9,12-18H2,1H3,(H,31,35)(H,36,40)(H,38,39)(H,32,33,34)/t25-/m0/s1. The molecule has 41 heavy (non-hydrogen) atoms. The number of benzene rings is 1. The highest BCUT2D eigenvalue weighted by Crippen LogP contribution is 2.33. The zero-order valence-corrected chi connectivity index (χ0v) is 23.3. The second-order valence-corrected chi connectivity index (χ2v) is 10.4. The van der Waals surface area contributed by atoms with Crippen LogP contribution in [0.25, 0.3) is 0 Å². The molecule has 1 aromatic carbocycles. The second kappa shape index (κ2) is 13.3. The molecule has 0 saturated carbocycles. The fourth-order valence-corrected chi connectivity index (χ4v) is 5.42. The molecule has 1 amide bonds. The Labute approximate surface area is 239 Å². The number of carboxylic acid groups (broad SMARTS) is 1. The van der Waals surface area contributed by atoms with E-state index in [9.17, 15) is 14.7 Å². The van der Waals surface area contributed by atoms with Gasteiger partial charge in [-0.25, -0.2) is 24.5 Å². The van der Waals surface area contributed by atoms with Gasteiger partial charge in [0.05, 0.1) is 0 Å². The van der Waals surface area contributed by atoms with Gasteiger partial charge in [0.1, 0.15) is 36.4 Å². The van der Waals surface area contributed by atoms with E-state index in [1.807, 2.05) is 37.3 Å². The molecule has 216 valence electrons. The first-order valence-corrected chi connectivity index (χ1v) is 14.3. The van der Waals surface area contributed by atoms with Gasteiger partial charge < -0.3 is 30.7 Å². The van der Waals surface area contributed by atoms with Gasteiger partial charge in [0.25, 0.3) is 0 Å². The van der Waals surface area contributed by atoms with Crippen LogP contribution in [0.5, 0.6) is 0 Å². The van der Waals surface area contributed by atoms with Crippen molar-refractivity contribution in [2.24, 2.45) is 0 Å². The first-order valence-electron chi connectivity index (χ1n) is 14.3. The van der Waals surface area contributed by atoms with Gasteiger partial charge in [-0.05, 0) is 49.3 Å². The number of nitrogens with zero attached hydrogens (tertiary/aromatic N) is 4. The molecule has 0 bridgehead atoms. The van der Waals surface area contributed by atoms with Crippen LogP contribution in [0.15, 0.2) is 48.8 Å². The Balaban J connectivity index is 1.18. The molecule has 1 saturated heterocycles. The van der Waals surface area contributed by atoms with E-state index in [1.165, 1.54) is 11.9 Å². The smallest absolute Gasteiger partial charge is 0.408 e. The third-order valence-electron chi connectivity index (χ3n) is 7.68. The number of nitrogens with one attached hydrogen (secondary N) is 3. The third-order valence-corrected chi connectivity index (χ3v) is 7.68. The summed E-state index contributed by atoms with van der Waals surface area (Å²) < 4.78 is 5.19. The Kier molecular flexibility index (Phi) is 9.12.